The van der Waals surface area contributed by atoms with Gasteiger partial charge in [0.1, 0.15) is 0 Å². The van der Waals surface area contributed by atoms with E-state index in [-0.39, 0.29) is 0 Å². The van der Waals surface area contributed by atoms with Crippen LogP contribution in [0.2, 0.25) is 0 Å². The lowest BCUT2D eigenvalue weighted by Crippen LogP contribution is -2.43. The van der Waals surface area contributed by atoms with Gasteiger partial charge in [0.05, 0.1) is 0 Å². The molecule has 0 aromatic carbocycles. The predicted molar refractivity (Wildman–Crippen MR) is 83.7 cm³/mol. The summed E-state index contributed by atoms with van der Waals surface area (Å²) in [6.07, 6.45) is 7.28. The molecule has 4 rings (SSSR count). The van der Waals surface area contributed by atoms with E-state index in [1.165, 1.54) is 37.8 Å². The second kappa shape index (κ2) is 5.30. The number of fused-ring (bicyclic) bond motifs is 1. The Bertz CT molecular complexity index is 623. The Morgan fingerprint density at radius 3 is 2.76 bits per heavy atom. The van der Waals surface area contributed by atoms with Crippen LogP contribution in [0.5, 0.6) is 0 Å². The molecule has 1 saturated carbocycles. The number of rotatable bonds is 4. The van der Waals surface area contributed by atoms with Crippen molar-refractivity contribution in [3.8, 4) is 0 Å². The molecule has 0 bridgehead atoms. The molecular formula is C16H23N5. The number of hydrogen-bond acceptors (Lipinski definition) is 4. The van der Waals surface area contributed by atoms with Crippen LogP contribution in [0.3, 0.4) is 0 Å². The Morgan fingerprint density at radius 1 is 1.19 bits per heavy atom. The molecule has 2 fully saturated rings. The van der Waals surface area contributed by atoms with Gasteiger partial charge in [-0.1, -0.05) is 6.07 Å². The largest absolute Gasteiger partial charge is 0.339 e. The lowest BCUT2D eigenvalue weighted by Gasteiger charge is -2.31. The van der Waals surface area contributed by atoms with Crippen LogP contribution in [0.15, 0.2) is 18.3 Å². The van der Waals surface area contributed by atoms with Gasteiger partial charge in [-0.3, -0.25) is 0 Å². The number of piperidine rings is 1. The Hall–Kier alpha value is -1.62. The van der Waals surface area contributed by atoms with E-state index in [0.29, 0.717) is 6.04 Å². The van der Waals surface area contributed by atoms with Crippen molar-refractivity contribution < 1.29 is 0 Å². The van der Waals surface area contributed by atoms with Crippen LogP contribution < -0.4 is 10.2 Å². The van der Waals surface area contributed by atoms with Crippen molar-refractivity contribution in [2.75, 3.05) is 24.5 Å². The number of nitrogens with one attached hydrogen (secondary N) is 1. The first-order valence-electron chi connectivity index (χ1n) is 8.09. The lowest BCUT2D eigenvalue weighted by atomic mass is 10.1. The molecule has 1 aliphatic carbocycles. The molecule has 2 aliphatic rings. The van der Waals surface area contributed by atoms with Gasteiger partial charge < -0.3 is 10.2 Å². The van der Waals surface area contributed by atoms with Crippen LogP contribution in [0.25, 0.3) is 5.65 Å². The molecule has 1 N–H and O–H groups in total. The van der Waals surface area contributed by atoms with Gasteiger partial charge in [0.25, 0.3) is 0 Å². The highest BCUT2D eigenvalue weighted by atomic mass is 15.4. The Labute approximate surface area is 125 Å². The monoisotopic (exact) mass is 285 g/mol. The molecule has 0 amide bonds. The summed E-state index contributed by atoms with van der Waals surface area (Å²) in [5, 5.41) is 8.33. The zero-order valence-electron chi connectivity index (χ0n) is 12.6. The average Bonchev–Trinajstić information content (AvgIpc) is 3.24. The van der Waals surface area contributed by atoms with Gasteiger partial charge in [-0.2, -0.15) is 4.98 Å². The van der Waals surface area contributed by atoms with Crippen LogP contribution >= 0.6 is 0 Å². The van der Waals surface area contributed by atoms with Gasteiger partial charge in [0.15, 0.2) is 5.65 Å². The highest BCUT2D eigenvalue weighted by Crippen LogP contribution is 2.28. The van der Waals surface area contributed by atoms with Crippen LogP contribution in [0.1, 0.15) is 31.2 Å². The summed E-state index contributed by atoms with van der Waals surface area (Å²) in [4.78, 5) is 6.96. The summed E-state index contributed by atoms with van der Waals surface area (Å²) >= 11 is 0. The predicted octanol–water partition coefficient (Wildman–Crippen LogP) is 2.01. The molecule has 3 heterocycles. The number of anilines is 1. The lowest BCUT2D eigenvalue weighted by molar-refractivity contribution is 0.406. The van der Waals surface area contributed by atoms with Crippen molar-refractivity contribution in [1.29, 1.82) is 0 Å². The third-order valence-electron chi connectivity index (χ3n) is 4.64. The highest BCUT2D eigenvalue weighted by Gasteiger charge is 2.25. The number of nitrogens with zero attached hydrogens (tertiary/aromatic N) is 4. The third kappa shape index (κ3) is 2.88. The van der Waals surface area contributed by atoms with Gasteiger partial charge in [0.2, 0.25) is 5.95 Å². The molecule has 0 atom stereocenters. The average molecular weight is 285 g/mol. The molecule has 5 heteroatoms. The third-order valence-corrected chi connectivity index (χ3v) is 4.64. The smallest absolute Gasteiger partial charge is 0.245 e. The number of hydrogen-bond donors (Lipinski definition) is 1. The number of aromatic nitrogens is 3. The Morgan fingerprint density at radius 2 is 2.00 bits per heavy atom. The maximum atomic E-state index is 4.64. The highest BCUT2D eigenvalue weighted by molar-refractivity contribution is 5.45. The first-order chi connectivity index (χ1) is 10.3. The summed E-state index contributed by atoms with van der Waals surface area (Å²) < 4.78 is 1.89. The fourth-order valence-electron chi connectivity index (χ4n) is 3.05. The van der Waals surface area contributed by atoms with Crippen LogP contribution in [0, 0.1) is 12.8 Å². The van der Waals surface area contributed by atoms with E-state index in [0.717, 1.165) is 30.6 Å². The van der Waals surface area contributed by atoms with Gasteiger partial charge >= 0.3 is 0 Å². The fourth-order valence-corrected chi connectivity index (χ4v) is 3.05. The van der Waals surface area contributed by atoms with Crippen molar-refractivity contribution in [3.63, 3.8) is 0 Å². The quantitative estimate of drug-likeness (QED) is 0.933. The molecule has 2 aromatic heterocycles. The summed E-state index contributed by atoms with van der Waals surface area (Å²) in [5.41, 5.74) is 2.14. The van der Waals surface area contributed by atoms with Gasteiger partial charge in [0, 0.05) is 25.3 Å². The first kappa shape index (κ1) is 13.1. The molecule has 112 valence electrons. The molecule has 0 spiro atoms. The molecule has 5 nitrogen and oxygen atoms in total. The minimum absolute atomic E-state index is 0.682. The first-order valence-corrected chi connectivity index (χ1v) is 8.09. The van der Waals surface area contributed by atoms with Crippen molar-refractivity contribution in [2.45, 2.75) is 38.6 Å². The van der Waals surface area contributed by atoms with Crippen molar-refractivity contribution in [3.05, 3.63) is 23.9 Å². The van der Waals surface area contributed by atoms with Crippen LogP contribution in [-0.4, -0.2) is 40.3 Å². The molecule has 0 unspecified atom stereocenters. The summed E-state index contributed by atoms with van der Waals surface area (Å²) in [6.45, 7) is 5.41. The second-order valence-corrected chi connectivity index (χ2v) is 6.53. The second-order valence-electron chi connectivity index (χ2n) is 6.53. The van der Waals surface area contributed by atoms with E-state index in [1.54, 1.807) is 0 Å². The topological polar surface area (TPSA) is 45.5 Å². The van der Waals surface area contributed by atoms with Gasteiger partial charge in [-0.25, -0.2) is 4.52 Å². The Balaban J connectivity index is 1.39. The molecule has 21 heavy (non-hydrogen) atoms. The van der Waals surface area contributed by atoms with E-state index in [4.69, 9.17) is 0 Å². The Kier molecular flexibility index (Phi) is 3.30. The standard InChI is InChI=1S/C16H23N5/c1-12-2-5-15-18-16(19-21(15)11-12)20-8-6-14(7-9-20)17-10-13-3-4-13/h2,5,11,13-14,17H,3-4,6-10H2,1H3. The molecule has 1 saturated heterocycles. The van der Waals surface area contributed by atoms with Crippen molar-refractivity contribution in [1.82, 2.24) is 19.9 Å². The normalized spacial score (nSPS) is 20.3. The molecular weight excluding hydrogens is 262 g/mol. The van der Waals surface area contributed by atoms with Crippen LogP contribution in [-0.2, 0) is 0 Å². The van der Waals surface area contributed by atoms with E-state index in [1.807, 2.05) is 16.8 Å². The zero-order valence-corrected chi connectivity index (χ0v) is 12.6. The fraction of sp³-hybridized carbons (Fsp3) is 0.625. The SMILES string of the molecule is Cc1ccc2nc(N3CCC(NCC4CC4)CC3)nn2c1. The van der Waals surface area contributed by atoms with Crippen LogP contribution in [0.4, 0.5) is 5.95 Å². The van der Waals surface area contributed by atoms with Gasteiger partial charge in [-0.05, 0) is 56.7 Å². The summed E-state index contributed by atoms with van der Waals surface area (Å²) in [5.74, 6) is 1.84. The van der Waals surface area contributed by atoms with E-state index in [2.05, 4.69) is 33.3 Å². The van der Waals surface area contributed by atoms with Crippen molar-refractivity contribution in [2.24, 2.45) is 5.92 Å². The summed E-state index contributed by atoms with van der Waals surface area (Å²) in [6, 6.07) is 4.80. The van der Waals surface area contributed by atoms with E-state index < -0.39 is 0 Å². The maximum Gasteiger partial charge on any atom is 0.245 e. The number of pyridine rings is 1. The number of aryl methyl sites for hydroxylation is 1. The molecule has 1 aliphatic heterocycles. The minimum Gasteiger partial charge on any atom is -0.339 e. The maximum absolute atomic E-state index is 4.64. The minimum atomic E-state index is 0.682. The van der Waals surface area contributed by atoms with Gasteiger partial charge in [-0.15, -0.1) is 5.10 Å². The van der Waals surface area contributed by atoms with Crippen molar-refractivity contribution >= 4 is 11.6 Å². The van der Waals surface area contributed by atoms with E-state index >= 15 is 0 Å². The van der Waals surface area contributed by atoms with E-state index in [9.17, 15) is 0 Å². The molecule has 0 radical (unpaired) electrons. The molecule has 2 aromatic rings. The zero-order chi connectivity index (χ0) is 14.2. The summed E-state index contributed by atoms with van der Waals surface area (Å²) in [7, 11) is 0.